The lowest BCUT2D eigenvalue weighted by atomic mass is 9.89. The summed E-state index contributed by atoms with van der Waals surface area (Å²) >= 11 is 0. The standard InChI is InChI=1S/C17H20N2O4/c20-15(19-9-3-6-14(19)17(22)23)8-7-12-10-11-4-1-2-5-13(11)18-16(12)21/h1-2,4-5,12,14H,3,6-10H2,(H,18,21)(H,22,23)/t12-,14+/m1/s1. The van der Waals surface area contributed by atoms with Gasteiger partial charge in [0, 0.05) is 24.6 Å². The Morgan fingerprint density at radius 2 is 2.09 bits per heavy atom. The highest BCUT2D eigenvalue weighted by molar-refractivity contribution is 5.96. The number of fused-ring (bicyclic) bond motifs is 1. The topological polar surface area (TPSA) is 86.7 Å². The number of rotatable bonds is 4. The molecule has 2 aliphatic heterocycles. The van der Waals surface area contributed by atoms with Gasteiger partial charge in [0.1, 0.15) is 6.04 Å². The third-order valence-corrected chi connectivity index (χ3v) is 4.68. The molecule has 3 rings (SSSR count). The van der Waals surface area contributed by atoms with Gasteiger partial charge >= 0.3 is 5.97 Å². The van der Waals surface area contributed by atoms with Gasteiger partial charge in [0.2, 0.25) is 11.8 Å². The minimum Gasteiger partial charge on any atom is -0.480 e. The van der Waals surface area contributed by atoms with Crippen LogP contribution < -0.4 is 5.32 Å². The fourth-order valence-corrected chi connectivity index (χ4v) is 3.41. The van der Waals surface area contributed by atoms with Crippen LogP contribution in [-0.2, 0) is 20.8 Å². The summed E-state index contributed by atoms with van der Waals surface area (Å²) in [4.78, 5) is 37.0. The molecule has 2 atom stereocenters. The predicted octanol–water partition coefficient (Wildman–Crippen LogP) is 1.65. The van der Waals surface area contributed by atoms with E-state index >= 15 is 0 Å². The van der Waals surface area contributed by atoms with Gasteiger partial charge in [-0.3, -0.25) is 9.59 Å². The summed E-state index contributed by atoms with van der Waals surface area (Å²) in [6.07, 6.45) is 2.52. The molecule has 6 nitrogen and oxygen atoms in total. The number of amides is 2. The molecule has 0 bridgehead atoms. The van der Waals surface area contributed by atoms with Gasteiger partial charge in [-0.1, -0.05) is 18.2 Å². The van der Waals surface area contributed by atoms with E-state index in [-0.39, 0.29) is 24.2 Å². The van der Waals surface area contributed by atoms with Crippen LogP contribution in [0.15, 0.2) is 24.3 Å². The quantitative estimate of drug-likeness (QED) is 0.884. The van der Waals surface area contributed by atoms with Crippen molar-refractivity contribution < 1.29 is 19.5 Å². The van der Waals surface area contributed by atoms with E-state index in [1.165, 1.54) is 4.90 Å². The Hall–Kier alpha value is -2.37. The Balaban J connectivity index is 1.59. The summed E-state index contributed by atoms with van der Waals surface area (Å²) in [5.41, 5.74) is 1.92. The van der Waals surface area contributed by atoms with Crippen molar-refractivity contribution >= 4 is 23.5 Å². The molecule has 0 spiro atoms. The van der Waals surface area contributed by atoms with Crippen LogP contribution in [0.5, 0.6) is 0 Å². The normalized spacial score (nSPS) is 23.3. The third kappa shape index (κ3) is 3.21. The molecule has 0 radical (unpaired) electrons. The van der Waals surface area contributed by atoms with E-state index in [1.54, 1.807) is 0 Å². The van der Waals surface area contributed by atoms with Crippen LogP contribution in [0, 0.1) is 5.92 Å². The number of para-hydroxylation sites is 1. The first kappa shape index (κ1) is 15.5. The number of likely N-dealkylation sites (tertiary alicyclic amines) is 1. The van der Waals surface area contributed by atoms with Gasteiger partial charge in [0.25, 0.3) is 0 Å². The van der Waals surface area contributed by atoms with Crippen molar-refractivity contribution in [2.24, 2.45) is 5.92 Å². The molecule has 2 N–H and O–H groups in total. The molecule has 1 aromatic rings. The molecular weight excluding hydrogens is 296 g/mol. The lowest BCUT2D eigenvalue weighted by molar-refractivity contribution is -0.148. The molecule has 2 aliphatic rings. The maximum atomic E-state index is 12.3. The molecule has 0 unspecified atom stereocenters. The number of carboxylic acid groups (broad SMARTS) is 1. The zero-order valence-corrected chi connectivity index (χ0v) is 12.8. The fourth-order valence-electron chi connectivity index (χ4n) is 3.41. The number of nitrogens with zero attached hydrogens (tertiary/aromatic N) is 1. The average Bonchev–Trinajstić information content (AvgIpc) is 3.02. The molecule has 23 heavy (non-hydrogen) atoms. The Labute approximate surface area is 134 Å². The molecule has 1 saturated heterocycles. The second-order valence-corrected chi connectivity index (χ2v) is 6.17. The lowest BCUT2D eigenvalue weighted by Gasteiger charge is -2.26. The molecule has 2 heterocycles. The minimum absolute atomic E-state index is 0.0623. The SMILES string of the molecule is O=C1Nc2ccccc2C[C@H]1CCC(=O)N1CCC[C@H]1C(=O)O. The van der Waals surface area contributed by atoms with E-state index in [1.807, 2.05) is 24.3 Å². The number of carboxylic acids is 1. The van der Waals surface area contributed by atoms with E-state index in [4.69, 9.17) is 5.11 Å². The second kappa shape index (κ2) is 6.40. The number of carbonyl (C=O) groups is 3. The highest BCUT2D eigenvalue weighted by Crippen LogP contribution is 2.28. The largest absolute Gasteiger partial charge is 0.480 e. The average molecular weight is 316 g/mol. The highest BCUT2D eigenvalue weighted by atomic mass is 16.4. The van der Waals surface area contributed by atoms with Crippen LogP contribution in [-0.4, -0.2) is 40.4 Å². The summed E-state index contributed by atoms with van der Waals surface area (Å²) in [6, 6.07) is 6.95. The van der Waals surface area contributed by atoms with Crippen molar-refractivity contribution in [3.05, 3.63) is 29.8 Å². The van der Waals surface area contributed by atoms with Crippen molar-refractivity contribution in [3.8, 4) is 0 Å². The molecule has 1 fully saturated rings. The van der Waals surface area contributed by atoms with Crippen molar-refractivity contribution in [2.75, 3.05) is 11.9 Å². The second-order valence-electron chi connectivity index (χ2n) is 6.17. The summed E-state index contributed by atoms with van der Waals surface area (Å²) in [5, 5.41) is 12.0. The number of carbonyl (C=O) groups excluding carboxylic acids is 2. The van der Waals surface area contributed by atoms with E-state index < -0.39 is 12.0 Å². The highest BCUT2D eigenvalue weighted by Gasteiger charge is 2.34. The summed E-state index contributed by atoms with van der Waals surface area (Å²) in [7, 11) is 0. The van der Waals surface area contributed by atoms with Gasteiger partial charge in [-0.15, -0.1) is 0 Å². The molecule has 0 aromatic heterocycles. The van der Waals surface area contributed by atoms with E-state index in [0.717, 1.165) is 17.7 Å². The molecule has 0 saturated carbocycles. The molecule has 1 aromatic carbocycles. The zero-order chi connectivity index (χ0) is 16.4. The molecule has 2 amide bonds. The number of hydrogen-bond donors (Lipinski definition) is 2. The maximum Gasteiger partial charge on any atom is 0.326 e. The van der Waals surface area contributed by atoms with E-state index in [0.29, 0.717) is 25.8 Å². The van der Waals surface area contributed by atoms with Gasteiger partial charge in [0.15, 0.2) is 0 Å². The van der Waals surface area contributed by atoms with E-state index in [9.17, 15) is 14.4 Å². The van der Waals surface area contributed by atoms with Crippen LogP contribution in [0.4, 0.5) is 5.69 Å². The lowest BCUT2D eigenvalue weighted by Crippen LogP contribution is -2.41. The number of nitrogens with one attached hydrogen (secondary N) is 1. The third-order valence-electron chi connectivity index (χ3n) is 4.68. The zero-order valence-electron chi connectivity index (χ0n) is 12.8. The first-order chi connectivity index (χ1) is 11.1. The van der Waals surface area contributed by atoms with Gasteiger partial charge in [-0.25, -0.2) is 4.79 Å². The summed E-state index contributed by atoms with van der Waals surface area (Å²) < 4.78 is 0. The van der Waals surface area contributed by atoms with Crippen LogP contribution in [0.1, 0.15) is 31.2 Å². The van der Waals surface area contributed by atoms with Crippen molar-refractivity contribution in [2.45, 2.75) is 38.1 Å². The molecule has 0 aliphatic carbocycles. The van der Waals surface area contributed by atoms with Crippen molar-refractivity contribution in [3.63, 3.8) is 0 Å². The Morgan fingerprint density at radius 3 is 2.87 bits per heavy atom. The van der Waals surface area contributed by atoms with Crippen LogP contribution in [0.3, 0.4) is 0 Å². The number of anilines is 1. The maximum absolute atomic E-state index is 12.3. The van der Waals surface area contributed by atoms with Gasteiger partial charge in [0.05, 0.1) is 0 Å². The molecule has 6 heteroatoms. The van der Waals surface area contributed by atoms with Gasteiger partial charge < -0.3 is 15.3 Å². The molecular formula is C17H20N2O4. The van der Waals surface area contributed by atoms with Crippen LogP contribution >= 0.6 is 0 Å². The fraction of sp³-hybridized carbons (Fsp3) is 0.471. The monoisotopic (exact) mass is 316 g/mol. The van der Waals surface area contributed by atoms with Gasteiger partial charge in [-0.2, -0.15) is 0 Å². The number of aliphatic carboxylic acids is 1. The van der Waals surface area contributed by atoms with Crippen LogP contribution in [0.25, 0.3) is 0 Å². The first-order valence-corrected chi connectivity index (χ1v) is 7.97. The number of benzene rings is 1. The molecule has 122 valence electrons. The Bertz CT molecular complexity index is 643. The van der Waals surface area contributed by atoms with Crippen molar-refractivity contribution in [1.82, 2.24) is 4.90 Å². The summed E-state index contributed by atoms with van der Waals surface area (Å²) in [5.74, 6) is -1.41. The van der Waals surface area contributed by atoms with Crippen LogP contribution in [0.2, 0.25) is 0 Å². The van der Waals surface area contributed by atoms with Gasteiger partial charge in [-0.05, 0) is 37.3 Å². The Morgan fingerprint density at radius 1 is 1.30 bits per heavy atom. The first-order valence-electron chi connectivity index (χ1n) is 7.97. The number of hydrogen-bond acceptors (Lipinski definition) is 3. The summed E-state index contributed by atoms with van der Waals surface area (Å²) in [6.45, 7) is 0.496. The van der Waals surface area contributed by atoms with E-state index in [2.05, 4.69) is 5.32 Å². The predicted molar refractivity (Wildman–Crippen MR) is 83.9 cm³/mol. The van der Waals surface area contributed by atoms with Crippen molar-refractivity contribution in [1.29, 1.82) is 0 Å². The Kier molecular flexibility index (Phi) is 4.32. The smallest absolute Gasteiger partial charge is 0.326 e. The minimum atomic E-state index is -0.944.